The van der Waals surface area contributed by atoms with E-state index in [1.54, 1.807) is 28.9 Å². The molecule has 0 bridgehead atoms. The van der Waals surface area contributed by atoms with Gasteiger partial charge in [0.25, 0.3) is 0 Å². The van der Waals surface area contributed by atoms with Gasteiger partial charge in [0, 0.05) is 11.6 Å². The molecule has 0 spiro atoms. The average molecular weight is 316 g/mol. The lowest BCUT2D eigenvalue weighted by atomic mass is 10.1. The zero-order valence-corrected chi connectivity index (χ0v) is 12.1. The number of hydrogen-bond donors (Lipinski definition) is 1. The molecule has 0 fully saturated rings. The lowest BCUT2D eigenvalue weighted by molar-refractivity contribution is -0.105. The first-order chi connectivity index (χ1) is 10.7. The third kappa shape index (κ3) is 2.71. The van der Waals surface area contributed by atoms with Crippen molar-refractivity contribution in [1.29, 1.82) is 0 Å². The van der Waals surface area contributed by atoms with E-state index in [1.807, 2.05) is 18.2 Å². The molecule has 1 amide bonds. The summed E-state index contributed by atoms with van der Waals surface area (Å²) < 4.78 is 14.7. The number of nitrogens with zero attached hydrogens (tertiary/aromatic N) is 2. The molecule has 2 aromatic carbocycles. The van der Waals surface area contributed by atoms with Crippen LogP contribution in [0.5, 0.6) is 0 Å². The fourth-order valence-corrected chi connectivity index (χ4v) is 2.36. The molecule has 110 valence electrons. The molecule has 0 aliphatic heterocycles. The number of hydrogen-bond acceptors (Lipinski definition) is 2. The first-order valence-electron chi connectivity index (χ1n) is 6.50. The van der Waals surface area contributed by atoms with Crippen LogP contribution in [0.2, 0.25) is 5.02 Å². The number of aromatic nitrogens is 2. The summed E-state index contributed by atoms with van der Waals surface area (Å²) in [7, 11) is 0. The van der Waals surface area contributed by atoms with Crippen molar-refractivity contribution in [1.82, 2.24) is 9.78 Å². The third-order valence-electron chi connectivity index (χ3n) is 3.14. The molecular weight excluding hydrogens is 305 g/mol. The molecule has 22 heavy (non-hydrogen) atoms. The maximum atomic E-state index is 13.1. The van der Waals surface area contributed by atoms with Crippen LogP contribution >= 0.6 is 11.6 Å². The fourth-order valence-electron chi connectivity index (χ4n) is 2.15. The SMILES string of the molecule is O=CNc1cc(-c2ccc(F)cc2)n(-c2ccccc2Cl)n1. The maximum absolute atomic E-state index is 13.1. The summed E-state index contributed by atoms with van der Waals surface area (Å²) >= 11 is 6.22. The molecule has 1 aromatic heterocycles. The minimum Gasteiger partial charge on any atom is -0.312 e. The summed E-state index contributed by atoms with van der Waals surface area (Å²) in [5, 5.41) is 7.35. The molecule has 0 unspecified atom stereocenters. The monoisotopic (exact) mass is 315 g/mol. The first-order valence-corrected chi connectivity index (χ1v) is 6.88. The smallest absolute Gasteiger partial charge is 0.212 e. The van der Waals surface area contributed by atoms with Crippen molar-refractivity contribution in [3.63, 3.8) is 0 Å². The van der Waals surface area contributed by atoms with Gasteiger partial charge in [-0.15, -0.1) is 5.10 Å². The van der Waals surface area contributed by atoms with Crippen LogP contribution in [0.25, 0.3) is 16.9 Å². The van der Waals surface area contributed by atoms with Gasteiger partial charge in [0.15, 0.2) is 5.82 Å². The number of nitrogens with one attached hydrogen (secondary N) is 1. The maximum Gasteiger partial charge on any atom is 0.212 e. The van der Waals surface area contributed by atoms with Crippen LogP contribution in [0.1, 0.15) is 0 Å². The van der Waals surface area contributed by atoms with Crippen molar-refractivity contribution in [2.24, 2.45) is 0 Å². The zero-order valence-electron chi connectivity index (χ0n) is 11.3. The summed E-state index contributed by atoms with van der Waals surface area (Å²) in [6.45, 7) is 0. The van der Waals surface area contributed by atoms with Gasteiger partial charge in [0.05, 0.1) is 16.4 Å². The molecule has 0 aliphatic carbocycles. The van der Waals surface area contributed by atoms with Crippen LogP contribution in [-0.4, -0.2) is 16.2 Å². The lowest BCUT2D eigenvalue weighted by Gasteiger charge is -2.09. The van der Waals surface area contributed by atoms with Crippen LogP contribution in [0, 0.1) is 5.82 Å². The predicted molar refractivity (Wildman–Crippen MR) is 83.7 cm³/mol. The first kappa shape index (κ1) is 14.3. The minimum atomic E-state index is -0.321. The number of rotatable bonds is 4. The fraction of sp³-hybridized carbons (Fsp3) is 0. The number of carbonyl (C=O) groups is 1. The van der Waals surface area contributed by atoms with E-state index >= 15 is 0 Å². The minimum absolute atomic E-state index is 0.321. The van der Waals surface area contributed by atoms with Gasteiger partial charge in [-0.3, -0.25) is 4.79 Å². The van der Waals surface area contributed by atoms with Crippen molar-refractivity contribution < 1.29 is 9.18 Å². The van der Waals surface area contributed by atoms with E-state index < -0.39 is 0 Å². The van der Waals surface area contributed by atoms with Crippen LogP contribution < -0.4 is 5.32 Å². The largest absolute Gasteiger partial charge is 0.312 e. The van der Waals surface area contributed by atoms with Crippen molar-refractivity contribution in [3.8, 4) is 16.9 Å². The second kappa shape index (κ2) is 5.99. The lowest BCUT2D eigenvalue weighted by Crippen LogP contribution is -2.01. The Balaban J connectivity index is 2.18. The molecule has 1 N–H and O–H groups in total. The van der Waals surface area contributed by atoms with E-state index in [4.69, 9.17) is 11.6 Å². The van der Waals surface area contributed by atoms with Crippen molar-refractivity contribution >= 4 is 23.8 Å². The molecular formula is C16H11ClFN3O. The van der Waals surface area contributed by atoms with Crippen LogP contribution in [0.4, 0.5) is 10.2 Å². The normalized spacial score (nSPS) is 10.5. The van der Waals surface area contributed by atoms with Crippen molar-refractivity contribution in [2.45, 2.75) is 0 Å². The van der Waals surface area contributed by atoms with E-state index in [2.05, 4.69) is 10.4 Å². The third-order valence-corrected chi connectivity index (χ3v) is 3.46. The van der Waals surface area contributed by atoms with Gasteiger partial charge in [-0.1, -0.05) is 23.7 Å². The number of para-hydroxylation sites is 1. The summed E-state index contributed by atoms with van der Waals surface area (Å²) in [4.78, 5) is 10.6. The summed E-state index contributed by atoms with van der Waals surface area (Å²) in [5.41, 5.74) is 2.12. The van der Waals surface area contributed by atoms with E-state index in [-0.39, 0.29) is 5.82 Å². The van der Waals surface area contributed by atoms with Gasteiger partial charge < -0.3 is 5.32 Å². The Morgan fingerprint density at radius 1 is 1.14 bits per heavy atom. The highest BCUT2D eigenvalue weighted by Crippen LogP contribution is 2.29. The van der Waals surface area contributed by atoms with Gasteiger partial charge in [-0.2, -0.15) is 0 Å². The molecule has 6 heteroatoms. The Labute approximate surface area is 131 Å². The van der Waals surface area contributed by atoms with E-state index in [1.165, 1.54) is 12.1 Å². The van der Waals surface area contributed by atoms with E-state index in [0.717, 1.165) is 5.56 Å². The van der Waals surface area contributed by atoms with Crippen LogP contribution in [0.15, 0.2) is 54.6 Å². The van der Waals surface area contributed by atoms with Gasteiger partial charge in [-0.05, 0) is 36.4 Å². The van der Waals surface area contributed by atoms with Crippen molar-refractivity contribution in [2.75, 3.05) is 5.32 Å². The Morgan fingerprint density at radius 3 is 2.55 bits per heavy atom. The number of amides is 1. The highest BCUT2D eigenvalue weighted by molar-refractivity contribution is 6.32. The van der Waals surface area contributed by atoms with Gasteiger partial charge in [-0.25, -0.2) is 9.07 Å². The molecule has 0 aliphatic rings. The highest BCUT2D eigenvalue weighted by Gasteiger charge is 2.13. The average Bonchev–Trinajstić information content (AvgIpc) is 2.93. The number of anilines is 1. The quantitative estimate of drug-likeness (QED) is 0.742. The van der Waals surface area contributed by atoms with Crippen LogP contribution in [-0.2, 0) is 4.79 Å². The van der Waals surface area contributed by atoms with Crippen molar-refractivity contribution in [3.05, 3.63) is 65.4 Å². The number of benzene rings is 2. The molecule has 0 saturated heterocycles. The summed E-state index contributed by atoms with van der Waals surface area (Å²) in [5.74, 6) is 0.0630. The molecule has 1 heterocycles. The molecule has 3 aromatic rings. The van der Waals surface area contributed by atoms with Gasteiger partial charge in [0.1, 0.15) is 5.82 Å². The Hall–Kier alpha value is -2.66. The Morgan fingerprint density at radius 2 is 1.86 bits per heavy atom. The number of carbonyl (C=O) groups excluding carboxylic acids is 1. The standard InChI is InChI=1S/C16H11ClFN3O/c17-13-3-1-2-4-14(13)21-15(9-16(20-21)19-10-22)11-5-7-12(18)8-6-11/h1-10H,(H,19,20,22). The molecule has 3 rings (SSSR count). The summed E-state index contributed by atoms with van der Waals surface area (Å²) in [6, 6.07) is 14.9. The zero-order chi connectivity index (χ0) is 15.5. The van der Waals surface area contributed by atoms with E-state index in [0.29, 0.717) is 28.6 Å². The predicted octanol–water partition coefficient (Wildman–Crippen LogP) is 3.90. The molecule has 0 radical (unpaired) electrons. The molecule has 4 nitrogen and oxygen atoms in total. The molecule has 0 saturated carbocycles. The van der Waals surface area contributed by atoms with E-state index in [9.17, 15) is 9.18 Å². The van der Waals surface area contributed by atoms with Gasteiger partial charge >= 0.3 is 0 Å². The second-order valence-corrected chi connectivity index (χ2v) is 4.95. The topological polar surface area (TPSA) is 46.9 Å². The number of halogens is 2. The Bertz CT molecular complexity index is 815. The highest BCUT2D eigenvalue weighted by atomic mass is 35.5. The Kier molecular flexibility index (Phi) is 3.89. The summed E-state index contributed by atoms with van der Waals surface area (Å²) in [6.07, 6.45) is 0.549. The second-order valence-electron chi connectivity index (χ2n) is 4.55. The molecule has 0 atom stereocenters. The van der Waals surface area contributed by atoms with Gasteiger partial charge in [0.2, 0.25) is 6.41 Å². The van der Waals surface area contributed by atoms with Crippen LogP contribution in [0.3, 0.4) is 0 Å².